The van der Waals surface area contributed by atoms with Gasteiger partial charge in [-0.3, -0.25) is 4.78 Å². The normalized spacial score (nSPS) is 37.7. The quantitative estimate of drug-likeness (QED) is 0.656. The maximum Gasteiger partial charge on any atom is 0.0442 e. The van der Waals surface area contributed by atoms with E-state index in [2.05, 4.69) is 5.32 Å². The van der Waals surface area contributed by atoms with Crippen LogP contribution in [0.25, 0.3) is 0 Å². The Labute approximate surface area is 74.3 Å². The number of hydrogen-bond acceptors (Lipinski definition) is 3. The highest BCUT2D eigenvalue weighted by atomic mass is 35.5. The van der Waals surface area contributed by atoms with Crippen LogP contribution in [0.4, 0.5) is 0 Å². The van der Waals surface area contributed by atoms with E-state index >= 15 is 0 Å². The monoisotopic (exact) mass is 198 g/mol. The minimum atomic E-state index is -2.17. The molecule has 11 heavy (non-hydrogen) atoms. The van der Waals surface area contributed by atoms with Crippen LogP contribution in [0.15, 0.2) is 0 Å². The Morgan fingerprint density at radius 1 is 1.45 bits per heavy atom. The highest BCUT2D eigenvalue weighted by Crippen LogP contribution is 2.11. The highest BCUT2D eigenvalue weighted by Gasteiger charge is 2.18. The highest BCUT2D eigenvalue weighted by molar-refractivity contribution is 7.92. The fourth-order valence-corrected chi connectivity index (χ4v) is 2.73. The van der Waals surface area contributed by atoms with Crippen molar-refractivity contribution in [1.29, 1.82) is 4.78 Å². The van der Waals surface area contributed by atoms with E-state index in [1.807, 2.05) is 7.05 Å². The summed E-state index contributed by atoms with van der Waals surface area (Å²) in [7, 11) is -0.247. The summed E-state index contributed by atoms with van der Waals surface area (Å²) in [6, 6.07) is 0.500. The Kier molecular flexibility index (Phi) is 4.36. The van der Waals surface area contributed by atoms with Gasteiger partial charge in [-0.1, -0.05) is 0 Å². The molecule has 1 rings (SSSR count). The van der Waals surface area contributed by atoms with Crippen molar-refractivity contribution in [3.05, 3.63) is 0 Å². The molecule has 1 heterocycles. The number of hydrogen-bond donors (Lipinski definition) is 2. The Hall–Kier alpha value is 0.200. The van der Waals surface area contributed by atoms with E-state index in [0.717, 1.165) is 12.8 Å². The van der Waals surface area contributed by atoms with Gasteiger partial charge in [-0.15, -0.1) is 12.4 Å². The molecule has 1 fully saturated rings. The summed E-state index contributed by atoms with van der Waals surface area (Å²) in [5.41, 5.74) is 0. The minimum Gasteiger partial charge on any atom is -0.317 e. The molecule has 1 aliphatic heterocycles. The molecule has 0 saturated carbocycles. The summed E-state index contributed by atoms with van der Waals surface area (Å²) in [4.78, 5) is 0. The third kappa shape index (κ3) is 3.40. The van der Waals surface area contributed by atoms with Gasteiger partial charge in [0.15, 0.2) is 0 Å². The average molecular weight is 199 g/mol. The molecule has 0 radical (unpaired) electrons. The van der Waals surface area contributed by atoms with Crippen molar-refractivity contribution >= 4 is 22.1 Å². The first-order chi connectivity index (χ1) is 4.64. The Morgan fingerprint density at radius 3 is 2.27 bits per heavy atom. The second-order valence-electron chi connectivity index (χ2n) is 2.78. The number of halogens is 1. The fraction of sp³-hybridized carbons (Fsp3) is 1.00. The molecular formula is C6H15ClN2OS. The third-order valence-electron chi connectivity index (χ3n) is 2.00. The predicted molar refractivity (Wildman–Crippen MR) is 49.9 cm³/mol. The Balaban J connectivity index is 0.000001000. The molecule has 0 bridgehead atoms. The molecule has 68 valence electrons. The molecule has 2 N–H and O–H groups in total. The first-order valence-corrected chi connectivity index (χ1v) is 5.45. The van der Waals surface area contributed by atoms with Gasteiger partial charge in [-0.25, -0.2) is 4.21 Å². The van der Waals surface area contributed by atoms with Crippen molar-refractivity contribution in [3.8, 4) is 0 Å². The molecule has 1 saturated heterocycles. The zero-order valence-electron chi connectivity index (χ0n) is 6.63. The lowest BCUT2D eigenvalue weighted by atomic mass is 10.2. The van der Waals surface area contributed by atoms with Crippen LogP contribution in [0.2, 0.25) is 0 Å². The molecule has 0 spiro atoms. The smallest absolute Gasteiger partial charge is 0.0442 e. The van der Waals surface area contributed by atoms with Gasteiger partial charge in [0.1, 0.15) is 0 Å². The van der Waals surface area contributed by atoms with Crippen molar-refractivity contribution in [3.63, 3.8) is 0 Å². The lowest BCUT2D eigenvalue weighted by Crippen LogP contribution is -2.34. The SMILES string of the molecule is CNC1CCS(=N)(=O)CC1.Cl. The molecule has 0 atom stereocenters. The lowest BCUT2D eigenvalue weighted by molar-refractivity contribution is 0.514. The van der Waals surface area contributed by atoms with Gasteiger partial charge in [-0.2, -0.15) is 0 Å². The van der Waals surface area contributed by atoms with Crippen molar-refractivity contribution in [2.75, 3.05) is 18.6 Å². The van der Waals surface area contributed by atoms with Crippen LogP contribution >= 0.6 is 12.4 Å². The van der Waals surface area contributed by atoms with Crippen molar-refractivity contribution in [2.24, 2.45) is 0 Å². The molecule has 3 nitrogen and oxygen atoms in total. The average Bonchev–Trinajstić information content (AvgIpc) is 1.88. The van der Waals surface area contributed by atoms with Crippen LogP contribution < -0.4 is 5.32 Å². The maximum atomic E-state index is 11.1. The van der Waals surface area contributed by atoms with E-state index in [4.69, 9.17) is 4.78 Å². The van der Waals surface area contributed by atoms with Gasteiger partial charge in [0.25, 0.3) is 0 Å². The largest absolute Gasteiger partial charge is 0.317 e. The number of nitrogens with one attached hydrogen (secondary N) is 2. The van der Waals surface area contributed by atoms with E-state index in [1.165, 1.54) is 0 Å². The zero-order valence-corrected chi connectivity index (χ0v) is 8.26. The molecule has 0 aromatic carbocycles. The molecule has 0 aromatic rings. The molecule has 0 aromatic heterocycles. The van der Waals surface area contributed by atoms with Crippen LogP contribution in [-0.4, -0.2) is 28.8 Å². The van der Waals surface area contributed by atoms with Crippen LogP contribution in [-0.2, 0) is 9.73 Å². The zero-order chi connectivity index (χ0) is 7.61. The predicted octanol–water partition coefficient (Wildman–Crippen LogP) is 0.837. The summed E-state index contributed by atoms with van der Waals surface area (Å²) >= 11 is 0. The Morgan fingerprint density at radius 2 is 1.91 bits per heavy atom. The molecule has 0 aliphatic carbocycles. The van der Waals surface area contributed by atoms with E-state index in [1.54, 1.807) is 0 Å². The standard InChI is InChI=1S/C6H14N2OS.ClH/c1-8-6-2-4-10(7,9)5-3-6;/h6-8H,2-5H2,1H3;1H. The summed E-state index contributed by atoms with van der Waals surface area (Å²) in [6.07, 6.45) is 1.80. The minimum absolute atomic E-state index is 0. The number of rotatable bonds is 1. The summed E-state index contributed by atoms with van der Waals surface area (Å²) < 4.78 is 18.4. The van der Waals surface area contributed by atoms with E-state index < -0.39 is 9.73 Å². The molecule has 1 aliphatic rings. The summed E-state index contributed by atoms with van der Waals surface area (Å²) in [5.74, 6) is 1.16. The molecule has 0 amide bonds. The van der Waals surface area contributed by atoms with E-state index in [9.17, 15) is 4.21 Å². The summed E-state index contributed by atoms with van der Waals surface area (Å²) in [6.45, 7) is 0. The van der Waals surface area contributed by atoms with Gasteiger partial charge in [0, 0.05) is 27.3 Å². The van der Waals surface area contributed by atoms with Crippen molar-refractivity contribution in [2.45, 2.75) is 18.9 Å². The van der Waals surface area contributed by atoms with E-state index in [-0.39, 0.29) is 12.4 Å². The molecular weight excluding hydrogens is 184 g/mol. The van der Waals surface area contributed by atoms with Crippen molar-refractivity contribution < 1.29 is 4.21 Å². The first kappa shape index (κ1) is 11.2. The van der Waals surface area contributed by atoms with Crippen molar-refractivity contribution in [1.82, 2.24) is 5.32 Å². The van der Waals surface area contributed by atoms with Crippen LogP contribution in [0.3, 0.4) is 0 Å². The second-order valence-corrected chi connectivity index (χ2v) is 5.22. The fourth-order valence-electron chi connectivity index (χ4n) is 1.20. The third-order valence-corrected chi connectivity index (χ3v) is 3.79. The Bertz CT molecular complexity index is 189. The van der Waals surface area contributed by atoms with Crippen LogP contribution in [0.1, 0.15) is 12.8 Å². The van der Waals surface area contributed by atoms with Crippen LogP contribution in [0.5, 0.6) is 0 Å². The summed E-state index contributed by atoms with van der Waals surface area (Å²) in [5, 5.41) is 3.13. The van der Waals surface area contributed by atoms with Gasteiger partial charge < -0.3 is 5.32 Å². The van der Waals surface area contributed by atoms with Gasteiger partial charge in [0.2, 0.25) is 0 Å². The lowest BCUT2D eigenvalue weighted by Gasteiger charge is -2.22. The first-order valence-electron chi connectivity index (χ1n) is 3.55. The second kappa shape index (κ2) is 4.28. The maximum absolute atomic E-state index is 11.1. The van der Waals surface area contributed by atoms with Gasteiger partial charge >= 0.3 is 0 Å². The van der Waals surface area contributed by atoms with Gasteiger partial charge in [-0.05, 0) is 19.9 Å². The molecule has 0 unspecified atom stereocenters. The molecule has 5 heteroatoms. The van der Waals surface area contributed by atoms with Gasteiger partial charge in [0.05, 0.1) is 0 Å². The topological polar surface area (TPSA) is 53.0 Å². The van der Waals surface area contributed by atoms with E-state index in [0.29, 0.717) is 17.5 Å². The van der Waals surface area contributed by atoms with Crippen LogP contribution in [0, 0.1) is 4.78 Å².